The summed E-state index contributed by atoms with van der Waals surface area (Å²) < 4.78 is 5.92. The van der Waals surface area contributed by atoms with Gasteiger partial charge in [-0.15, -0.1) is 0 Å². The Morgan fingerprint density at radius 3 is 2.62 bits per heavy atom. The lowest BCUT2D eigenvalue weighted by atomic mass is 10.3. The number of ether oxygens (including phenoxy) is 1. The van der Waals surface area contributed by atoms with Crippen molar-refractivity contribution in [3.63, 3.8) is 0 Å². The second-order valence-electron chi connectivity index (χ2n) is 5.50. The highest BCUT2D eigenvalue weighted by atomic mass is 35.5. The van der Waals surface area contributed by atoms with E-state index in [4.69, 9.17) is 27.2 Å². The summed E-state index contributed by atoms with van der Waals surface area (Å²) >= 11 is 6.16. The summed E-state index contributed by atoms with van der Waals surface area (Å²) in [4.78, 5) is 12.7. The Bertz CT molecular complexity index is 692. The van der Waals surface area contributed by atoms with Gasteiger partial charge in [-0.1, -0.05) is 23.7 Å². The van der Waals surface area contributed by atoms with Crippen molar-refractivity contribution in [2.75, 3.05) is 50.0 Å². The van der Waals surface area contributed by atoms with Gasteiger partial charge < -0.3 is 20.5 Å². The van der Waals surface area contributed by atoms with E-state index in [0.29, 0.717) is 28.9 Å². The second-order valence-corrected chi connectivity index (χ2v) is 5.91. The van der Waals surface area contributed by atoms with Crippen LogP contribution in [0.3, 0.4) is 0 Å². The van der Waals surface area contributed by atoms with Crippen LogP contribution in [-0.4, -0.2) is 59.3 Å². The molecule has 7 nitrogen and oxygen atoms in total. The third-order valence-corrected chi connectivity index (χ3v) is 4.21. The third kappa shape index (κ3) is 3.87. The Morgan fingerprint density at radius 2 is 1.92 bits per heavy atom. The highest BCUT2D eigenvalue weighted by Gasteiger charge is 2.22. The lowest BCUT2D eigenvalue weighted by Gasteiger charge is -2.35. The number of nitrogen functional groups attached to an aromatic ring is 1. The summed E-state index contributed by atoms with van der Waals surface area (Å²) in [5.41, 5.74) is 5.76. The van der Waals surface area contributed by atoms with Gasteiger partial charge >= 0.3 is 0 Å². The first kappa shape index (κ1) is 16.8. The number of nitrogens with zero attached hydrogens (tertiary/aromatic N) is 4. The minimum absolute atomic E-state index is 0.168. The van der Waals surface area contributed by atoms with Gasteiger partial charge in [-0.3, -0.25) is 4.90 Å². The van der Waals surface area contributed by atoms with E-state index < -0.39 is 0 Å². The maximum atomic E-state index is 9.05. The van der Waals surface area contributed by atoms with Crippen LogP contribution in [0.15, 0.2) is 30.5 Å². The average Bonchev–Trinajstić information content (AvgIpc) is 2.59. The van der Waals surface area contributed by atoms with E-state index in [-0.39, 0.29) is 12.6 Å². The lowest BCUT2D eigenvalue weighted by Crippen LogP contribution is -2.47. The monoisotopic (exact) mass is 349 g/mol. The predicted octanol–water partition coefficient (Wildman–Crippen LogP) is 1.62. The Hall–Kier alpha value is -2.09. The van der Waals surface area contributed by atoms with Crippen LogP contribution in [0.25, 0.3) is 0 Å². The molecule has 0 saturated carbocycles. The molecular weight excluding hydrogens is 330 g/mol. The summed E-state index contributed by atoms with van der Waals surface area (Å²) in [6.45, 7) is 4.08. The molecule has 3 N–H and O–H groups in total. The zero-order chi connectivity index (χ0) is 16.9. The second kappa shape index (κ2) is 7.65. The molecule has 0 spiro atoms. The van der Waals surface area contributed by atoms with E-state index in [1.165, 1.54) is 0 Å². The van der Waals surface area contributed by atoms with Crippen LogP contribution in [0, 0.1) is 0 Å². The molecule has 0 amide bonds. The number of aliphatic hydroxyl groups is 1. The van der Waals surface area contributed by atoms with Gasteiger partial charge in [0.1, 0.15) is 5.75 Å². The molecular formula is C16H20ClN5O2. The van der Waals surface area contributed by atoms with Crippen molar-refractivity contribution in [2.24, 2.45) is 0 Å². The summed E-state index contributed by atoms with van der Waals surface area (Å²) in [6.07, 6.45) is 1.57. The standard InChI is InChI=1S/C16H20ClN5O2/c17-12-3-1-2-4-13(12)24-14-11-19-16(18)20-15(14)22-7-5-21(6-8-22)9-10-23/h1-4,11,23H,5-10H2,(H2,18,19,20). The van der Waals surface area contributed by atoms with Gasteiger partial charge in [0.05, 0.1) is 17.8 Å². The molecule has 24 heavy (non-hydrogen) atoms. The van der Waals surface area contributed by atoms with Crippen LogP contribution in [0.5, 0.6) is 11.5 Å². The van der Waals surface area contributed by atoms with Gasteiger partial charge in [0.15, 0.2) is 11.6 Å². The molecule has 1 aromatic carbocycles. The quantitative estimate of drug-likeness (QED) is 0.848. The number of β-amino-alcohol motifs (C(OH)–C–C–N with tert-alkyl or cyclic N) is 1. The molecule has 3 rings (SSSR count). The molecule has 0 radical (unpaired) electrons. The largest absolute Gasteiger partial charge is 0.450 e. The molecule has 128 valence electrons. The zero-order valence-corrected chi connectivity index (χ0v) is 14.0. The number of aliphatic hydroxyl groups excluding tert-OH is 1. The summed E-state index contributed by atoms with van der Waals surface area (Å²) in [5, 5.41) is 9.57. The van der Waals surface area contributed by atoms with Crippen molar-refractivity contribution < 1.29 is 9.84 Å². The normalized spacial score (nSPS) is 15.5. The fraction of sp³-hybridized carbons (Fsp3) is 0.375. The van der Waals surface area contributed by atoms with Crippen LogP contribution in [0.4, 0.5) is 11.8 Å². The summed E-state index contributed by atoms with van der Waals surface area (Å²) in [7, 11) is 0. The minimum Gasteiger partial charge on any atom is -0.450 e. The fourth-order valence-corrected chi connectivity index (χ4v) is 2.82. The molecule has 0 bridgehead atoms. The molecule has 2 heterocycles. The molecule has 1 aliphatic rings. The van der Waals surface area contributed by atoms with Crippen LogP contribution < -0.4 is 15.4 Å². The molecule has 1 saturated heterocycles. The molecule has 0 aliphatic carbocycles. The fourth-order valence-electron chi connectivity index (χ4n) is 2.64. The highest BCUT2D eigenvalue weighted by molar-refractivity contribution is 6.32. The number of halogens is 1. The number of anilines is 2. The molecule has 0 atom stereocenters. The number of nitrogens with two attached hydrogens (primary N) is 1. The van der Waals surface area contributed by atoms with Crippen molar-refractivity contribution in [3.05, 3.63) is 35.5 Å². The van der Waals surface area contributed by atoms with Gasteiger partial charge in [-0.2, -0.15) is 4.98 Å². The van der Waals surface area contributed by atoms with Gasteiger partial charge in [0, 0.05) is 32.7 Å². The third-order valence-electron chi connectivity index (χ3n) is 3.90. The van der Waals surface area contributed by atoms with Crippen molar-refractivity contribution in [1.29, 1.82) is 0 Å². The number of para-hydroxylation sites is 1. The van der Waals surface area contributed by atoms with Crippen molar-refractivity contribution in [3.8, 4) is 11.5 Å². The molecule has 8 heteroatoms. The minimum atomic E-state index is 0.168. The van der Waals surface area contributed by atoms with Crippen molar-refractivity contribution in [2.45, 2.75) is 0 Å². The topological polar surface area (TPSA) is 87.7 Å². The number of piperazine rings is 1. The highest BCUT2D eigenvalue weighted by Crippen LogP contribution is 2.34. The Morgan fingerprint density at radius 1 is 1.17 bits per heavy atom. The van der Waals surface area contributed by atoms with Gasteiger partial charge in [0.25, 0.3) is 0 Å². The molecule has 0 unspecified atom stereocenters. The van der Waals surface area contributed by atoms with Crippen LogP contribution in [0.2, 0.25) is 5.02 Å². The Labute approximate surface area is 145 Å². The Kier molecular flexibility index (Phi) is 5.34. The maximum Gasteiger partial charge on any atom is 0.222 e. The SMILES string of the molecule is Nc1ncc(Oc2ccccc2Cl)c(N2CCN(CCO)CC2)n1. The first-order valence-corrected chi connectivity index (χ1v) is 8.18. The summed E-state index contributed by atoms with van der Waals surface area (Å²) in [6, 6.07) is 7.26. The van der Waals surface area contributed by atoms with Crippen molar-refractivity contribution >= 4 is 23.4 Å². The smallest absolute Gasteiger partial charge is 0.222 e. The van der Waals surface area contributed by atoms with Crippen LogP contribution >= 0.6 is 11.6 Å². The zero-order valence-electron chi connectivity index (χ0n) is 13.2. The first-order chi connectivity index (χ1) is 11.7. The number of benzene rings is 1. The van der Waals surface area contributed by atoms with Crippen molar-refractivity contribution in [1.82, 2.24) is 14.9 Å². The molecule has 1 aromatic heterocycles. The van der Waals surface area contributed by atoms with Crippen LogP contribution in [0.1, 0.15) is 0 Å². The van der Waals surface area contributed by atoms with E-state index in [0.717, 1.165) is 26.2 Å². The van der Waals surface area contributed by atoms with Gasteiger partial charge in [-0.25, -0.2) is 4.98 Å². The molecule has 1 aliphatic heterocycles. The number of hydrogen-bond donors (Lipinski definition) is 2. The molecule has 1 fully saturated rings. The lowest BCUT2D eigenvalue weighted by molar-refractivity contribution is 0.188. The van der Waals surface area contributed by atoms with Gasteiger partial charge in [-0.05, 0) is 12.1 Å². The van der Waals surface area contributed by atoms with Gasteiger partial charge in [0.2, 0.25) is 5.95 Å². The number of hydrogen-bond acceptors (Lipinski definition) is 7. The van der Waals surface area contributed by atoms with E-state index in [2.05, 4.69) is 19.8 Å². The van der Waals surface area contributed by atoms with E-state index >= 15 is 0 Å². The average molecular weight is 350 g/mol. The van der Waals surface area contributed by atoms with E-state index in [9.17, 15) is 0 Å². The summed E-state index contributed by atoms with van der Waals surface area (Å²) in [5.74, 6) is 1.93. The first-order valence-electron chi connectivity index (χ1n) is 7.80. The Balaban J connectivity index is 1.80. The number of rotatable bonds is 5. The van der Waals surface area contributed by atoms with E-state index in [1.807, 2.05) is 12.1 Å². The van der Waals surface area contributed by atoms with E-state index in [1.54, 1.807) is 18.3 Å². The van der Waals surface area contributed by atoms with Crippen LogP contribution in [-0.2, 0) is 0 Å². The predicted molar refractivity (Wildman–Crippen MR) is 93.7 cm³/mol. The molecule has 2 aromatic rings. The number of aromatic nitrogens is 2. The maximum absolute atomic E-state index is 9.05.